The van der Waals surface area contributed by atoms with Crippen molar-refractivity contribution in [3.8, 4) is 0 Å². The van der Waals surface area contributed by atoms with Gasteiger partial charge < -0.3 is 14.4 Å². The summed E-state index contributed by atoms with van der Waals surface area (Å²) in [5, 5.41) is 0. The number of carbonyl (C=O) groups is 1. The first kappa shape index (κ1) is 17.3. The lowest BCUT2D eigenvalue weighted by Crippen LogP contribution is -2.47. The Balaban J connectivity index is 1.62. The molecule has 1 aromatic rings. The van der Waals surface area contributed by atoms with Crippen molar-refractivity contribution >= 4 is 6.03 Å². The Bertz CT molecular complexity index is 560. The van der Waals surface area contributed by atoms with Crippen LogP contribution in [0.15, 0.2) is 6.20 Å². The molecule has 2 heterocycles. The van der Waals surface area contributed by atoms with Gasteiger partial charge in [-0.25, -0.2) is 9.78 Å². The first-order valence-electron chi connectivity index (χ1n) is 9.67. The van der Waals surface area contributed by atoms with Crippen molar-refractivity contribution in [2.24, 2.45) is 11.8 Å². The molecule has 0 radical (unpaired) electrons. The first-order chi connectivity index (χ1) is 11.6. The quantitative estimate of drug-likeness (QED) is 0.802. The van der Waals surface area contributed by atoms with Crippen LogP contribution in [-0.4, -0.2) is 51.6 Å². The summed E-state index contributed by atoms with van der Waals surface area (Å²) in [5.41, 5.74) is 1.28. The molecule has 0 spiro atoms. The van der Waals surface area contributed by atoms with Gasteiger partial charge in [0.05, 0.1) is 0 Å². The topological polar surface area (TPSA) is 41.4 Å². The lowest BCUT2D eigenvalue weighted by atomic mass is 9.94. The summed E-state index contributed by atoms with van der Waals surface area (Å²) in [7, 11) is 0. The molecule has 5 heteroatoms. The molecule has 2 aliphatic rings. The maximum atomic E-state index is 12.6. The normalized spacial score (nSPS) is 21.1. The molecule has 1 atom stereocenters. The lowest BCUT2D eigenvalue weighted by molar-refractivity contribution is 0.131. The number of amides is 2. The van der Waals surface area contributed by atoms with Gasteiger partial charge in [0, 0.05) is 51.0 Å². The summed E-state index contributed by atoms with van der Waals surface area (Å²) < 4.78 is 2.42. The number of rotatable bonds is 6. The van der Waals surface area contributed by atoms with Gasteiger partial charge in [-0.2, -0.15) is 0 Å². The highest BCUT2D eigenvalue weighted by Crippen LogP contribution is 2.32. The van der Waals surface area contributed by atoms with Crippen molar-refractivity contribution < 1.29 is 4.79 Å². The van der Waals surface area contributed by atoms with Gasteiger partial charge in [0.15, 0.2) is 0 Å². The average molecular weight is 332 g/mol. The van der Waals surface area contributed by atoms with Crippen molar-refractivity contribution in [1.82, 2.24) is 19.4 Å². The van der Waals surface area contributed by atoms with Crippen LogP contribution in [0.1, 0.15) is 51.0 Å². The Kier molecular flexibility index (Phi) is 5.47. The average Bonchev–Trinajstić information content (AvgIpc) is 3.35. The number of imidazole rings is 1. The highest BCUT2D eigenvalue weighted by Gasteiger charge is 2.28. The highest BCUT2D eigenvalue weighted by molar-refractivity contribution is 5.74. The predicted octanol–water partition coefficient (Wildman–Crippen LogP) is 3.32. The molecule has 1 aliphatic heterocycles. The standard InChI is InChI=1S/C19H32N4O/c1-4-21(5-2)19(24)22-10-6-7-17(13-22)11-18-20-12-15(3)23(18)14-16-8-9-16/h12,16-17H,4-11,13-14H2,1-3H3. The fourth-order valence-electron chi connectivity index (χ4n) is 3.84. The van der Waals surface area contributed by atoms with E-state index in [4.69, 9.17) is 0 Å². The fourth-order valence-corrected chi connectivity index (χ4v) is 3.84. The van der Waals surface area contributed by atoms with Gasteiger partial charge in [0.25, 0.3) is 0 Å². The Morgan fingerprint density at radius 3 is 2.67 bits per heavy atom. The molecule has 0 aromatic carbocycles. The fraction of sp³-hybridized carbons (Fsp3) is 0.789. The monoisotopic (exact) mass is 332 g/mol. The maximum absolute atomic E-state index is 12.6. The minimum atomic E-state index is 0.210. The molecule has 1 saturated carbocycles. The van der Waals surface area contributed by atoms with E-state index >= 15 is 0 Å². The van der Waals surface area contributed by atoms with Crippen LogP contribution in [0, 0.1) is 18.8 Å². The maximum Gasteiger partial charge on any atom is 0.319 e. The first-order valence-corrected chi connectivity index (χ1v) is 9.67. The molecule has 0 bridgehead atoms. The Labute approximate surface area is 146 Å². The van der Waals surface area contributed by atoms with Crippen LogP contribution in [0.25, 0.3) is 0 Å². The van der Waals surface area contributed by atoms with E-state index in [1.807, 2.05) is 11.1 Å². The van der Waals surface area contributed by atoms with Crippen LogP contribution in [0.5, 0.6) is 0 Å². The number of aryl methyl sites for hydroxylation is 1. The van der Waals surface area contributed by atoms with E-state index in [0.717, 1.165) is 51.5 Å². The van der Waals surface area contributed by atoms with Gasteiger partial charge in [-0.3, -0.25) is 0 Å². The van der Waals surface area contributed by atoms with Gasteiger partial charge in [-0.1, -0.05) is 0 Å². The van der Waals surface area contributed by atoms with Crippen LogP contribution in [0.2, 0.25) is 0 Å². The molecule has 2 amide bonds. The van der Waals surface area contributed by atoms with E-state index in [1.54, 1.807) is 0 Å². The van der Waals surface area contributed by atoms with Crippen molar-refractivity contribution in [2.75, 3.05) is 26.2 Å². The Morgan fingerprint density at radius 1 is 1.25 bits per heavy atom. The number of likely N-dealkylation sites (tertiary alicyclic amines) is 1. The number of carbonyl (C=O) groups excluding carboxylic acids is 1. The summed E-state index contributed by atoms with van der Waals surface area (Å²) >= 11 is 0. The second kappa shape index (κ2) is 7.58. The zero-order valence-corrected chi connectivity index (χ0v) is 15.5. The number of urea groups is 1. The number of hydrogen-bond donors (Lipinski definition) is 0. The smallest absolute Gasteiger partial charge is 0.319 e. The number of hydrogen-bond acceptors (Lipinski definition) is 2. The third kappa shape index (κ3) is 3.93. The molecule has 1 aliphatic carbocycles. The summed E-state index contributed by atoms with van der Waals surface area (Å²) in [6, 6.07) is 0.210. The minimum absolute atomic E-state index is 0.210. The molecule has 3 rings (SSSR count). The zero-order valence-electron chi connectivity index (χ0n) is 15.5. The van der Waals surface area contributed by atoms with Gasteiger partial charge in [-0.15, -0.1) is 0 Å². The minimum Gasteiger partial charge on any atom is -0.332 e. The summed E-state index contributed by atoms with van der Waals surface area (Å²) in [4.78, 5) is 21.3. The van der Waals surface area contributed by atoms with Crippen molar-refractivity contribution in [3.05, 3.63) is 17.7 Å². The molecule has 5 nitrogen and oxygen atoms in total. The summed E-state index contributed by atoms with van der Waals surface area (Å²) in [6.45, 7) is 10.8. The predicted molar refractivity (Wildman–Crippen MR) is 96.0 cm³/mol. The SMILES string of the molecule is CCN(CC)C(=O)N1CCCC(Cc2ncc(C)n2CC2CC2)C1. The molecule has 2 fully saturated rings. The lowest BCUT2D eigenvalue weighted by Gasteiger charge is -2.36. The molecule has 134 valence electrons. The van der Waals surface area contributed by atoms with Crippen LogP contribution in [0.3, 0.4) is 0 Å². The third-order valence-corrected chi connectivity index (χ3v) is 5.57. The van der Waals surface area contributed by atoms with Crippen molar-refractivity contribution in [1.29, 1.82) is 0 Å². The largest absolute Gasteiger partial charge is 0.332 e. The highest BCUT2D eigenvalue weighted by atomic mass is 16.2. The van der Waals surface area contributed by atoms with Crippen molar-refractivity contribution in [3.63, 3.8) is 0 Å². The Morgan fingerprint density at radius 2 is 2.00 bits per heavy atom. The second-order valence-electron chi connectivity index (χ2n) is 7.48. The van der Waals surface area contributed by atoms with Crippen LogP contribution >= 0.6 is 0 Å². The van der Waals surface area contributed by atoms with Gasteiger partial charge in [0.2, 0.25) is 0 Å². The van der Waals surface area contributed by atoms with Gasteiger partial charge in [0.1, 0.15) is 5.82 Å². The molecular weight excluding hydrogens is 300 g/mol. The van der Waals surface area contributed by atoms with Crippen LogP contribution in [-0.2, 0) is 13.0 Å². The van der Waals surface area contributed by atoms with E-state index in [2.05, 4.69) is 35.2 Å². The number of nitrogens with zero attached hydrogens (tertiary/aromatic N) is 4. The second-order valence-corrected chi connectivity index (χ2v) is 7.48. The van der Waals surface area contributed by atoms with E-state index in [-0.39, 0.29) is 6.03 Å². The molecule has 1 unspecified atom stereocenters. The Hall–Kier alpha value is -1.52. The van der Waals surface area contributed by atoms with Gasteiger partial charge in [-0.05, 0) is 58.3 Å². The summed E-state index contributed by atoms with van der Waals surface area (Å²) in [6.07, 6.45) is 8.07. The van der Waals surface area contributed by atoms with E-state index in [9.17, 15) is 4.79 Å². The molecule has 1 aromatic heterocycles. The van der Waals surface area contributed by atoms with E-state index < -0.39 is 0 Å². The third-order valence-electron chi connectivity index (χ3n) is 5.57. The van der Waals surface area contributed by atoms with Crippen molar-refractivity contribution in [2.45, 2.75) is 59.4 Å². The summed E-state index contributed by atoms with van der Waals surface area (Å²) in [5.74, 6) is 2.63. The van der Waals surface area contributed by atoms with Gasteiger partial charge >= 0.3 is 6.03 Å². The molecule has 1 saturated heterocycles. The van der Waals surface area contributed by atoms with E-state index in [0.29, 0.717) is 5.92 Å². The molecule has 24 heavy (non-hydrogen) atoms. The van der Waals surface area contributed by atoms with E-state index in [1.165, 1.54) is 30.8 Å². The zero-order chi connectivity index (χ0) is 17.1. The number of aromatic nitrogens is 2. The van der Waals surface area contributed by atoms with Crippen LogP contribution in [0.4, 0.5) is 4.79 Å². The van der Waals surface area contributed by atoms with Crippen LogP contribution < -0.4 is 0 Å². The number of piperidine rings is 1. The molecular formula is C19H32N4O. The molecule has 0 N–H and O–H groups in total.